The molecule has 29 heavy (non-hydrogen) atoms. The van der Waals surface area contributed by atoms with Crippen molar-refractivity contribution in [3.63, 3.8) is 0 Å². The Hall–Kier alpha value is -3.03. The van der Waals surface area contributed by atoms with Gasteiger partial charge in [-0.2, -0.15) is 5.10 Å². The van der Waals surface area contributed by atoms with E-state index in [1.165, 1.54) is 29.8 Å². The number of amides is 2. The average Bonchev–Trinajstić information content (AvgIpc) is 3.22. The van der Waals surface area contributed by atoms with Gasteiger partial charge in [-0.15, -0.1) is 0 Å². The van der Waals surface area contributed by atoms with Crippen LogP contribution in [0.15, 0.2) is 41.2 Å². The van der Waals surface area contributed by atoms with Gasteiger partial charge in [-0.3, -0.25) is 14.4 Å². The topological polar surface area (TPSA) is 75.5 Å². The molecule has 0 saturated carbocycles. The zero-order chi connectivity index (χ0) is 20.7. The smallest absolute Gasteiger partial charge is 0.267 e. The number of likely N-dealkylation sites (tertiary alicyclic amines) is 2. The molecule has 0 aliphatic carbocycles. The van der Waals surface area contributed by atoms with Gasteiger partial charge in [0.05, 0.1) is 11.7 Å². The largest absolute Gasteiger partial charge is 0.340 e. The fourth-order valence-corrected chi connectivity index (χ4v) is 4.58. The molecule has 0 unspecified atom stereocenters. The third-order valence-corrected chi connectivity index (χ3v) is 5.90. The molecule has 2 saturated heterocycles. The molecule has 1 aromatic carbocycles. The molecule has 2 aliphatic rings. The molecule has 0 N–H and O–H groups in total. The molecule has 152 valence electrons. The number of aryl methyl sites for hydroxylation is 1. The Morgan fingerprint density at radius 2 is 1.97 bits per heavy atom. The Kier molecular flexibility index (Phi) is 4.94. The molecule has 2 fully saturated rings. The van der Waals surface area contributed by atoms with Gasteiger partial charge in [0.25, 0.3) is 5.56 Å². The first kappa shape index (κ1) is 19.3. The molecule has 2 amide bonds. The third kappa shape index (κ3) is 3.66. The van der Waals surface area contributed by atoms with Crippen molar-refractivity contribution in [3.8, 4) is 0 Å². The summed E-state index contributed by atoms with van der Waals surface area (Å²) in [6.45, 7) is 4.69. The summed E-state index contributed by atoms with van der Waals surface area (Å²) in [6.07, 6.45) is 0. The van der Waals surface area contributed by atoms with Crippen LogP contribution in [-0.4, -0.2) is 51.0 Å². The molecular formula is C21H23FN4O3. The van der Waals surface area contributed by atoms with E-state index in [-0.39, 0.29) is 47.6 Å². The monoisotopic (exact) mass is 398 g/mol. The van der Waals surface area contributed by atoms with Gasteiger partial charge in [-0.1, -0.05) is 12.1 Å². The van der Waals surface area contributed by atoms with Crippen molar-refractivity contribution < 1.29 is 14.0 Å². The molecule has 2 aromatic rings. The van der Waals surface area contributed by atoms with E-state index < -0.39 is 0 Å². The molecule has 1 aromatic heterocycles. The van der Waals surface area contributed by atoms with Gasteiger partial charge in [0.1, 0.15) is 12.4 Å². The lowest BCUT2D eigenvalue weighted by molar-refractivity contribution is -0.132. The summed E-state index contributed by atoms with van der Waals surface area (Å²) >= 11 is 0. The first-order chi connectivity index (χ1) is 13.8. The van der Waals surface area contributed by atoms with E-state index in [2.05, 4.69) is 5.10 Å². The standard InChI is InChI=1S/C21H23FN4O3/c1-13-6-7-19(28)26(23-13)12-20(29)24-9-16-10-25(14(2)27)21(18(16)11-24)15-4-3-5-17(22)8-15/h3-8,16,18,21H,9-12H2,1-2H3/t16-,18-,21-/m1/s1. The quantitative estimate of drug-likeness (QED) is 0.783. The molecule has 0 radical (unpaired) electrons. The van der Waals surface area contributed by atoms with Gasteiger partial charge in [0.2, 0.25) is 11.8 Å². The first-order valence-electron chi connectivity index (χ1n) is 9.68. The highest BCUT2D eigenvalue weighted by Gasteiger charge is 2.49. The maximum atomic E-state index is 13.8. The van der Waals surface area contributed by atoms with Crippen molar-refractivity contribution >= 4 is 11.8 Å². The Labute approximate surface area is 167 Å². The Bertz CT molecular complexity index is 1020. The lowest BCUT2D eigenvalue weighted by Gasteiger charge is -2.29. The molecule has 2 aliphatic heterocycles. The zero-order valence-electron chi connectivity index (χ0n) is 16.4. The van der Waals surface area contributed by atoms with Crippen LogP contribution in [0.2, 0.25) is 0 Å². The van der Waals surface area contributed by atoms with Crippen molar-refractivity contribution in [2.45, 2.75) is 26.4 Å². The fraction of sp³-hybridized carbons (Fsp3) is 0.429. The summed E-state index contributed by atoms with van der Waals surface area (Å²) in [4.78, 5) is 40.4. The van der Waals surface area contributed by atoms with E-state index in [0.29, 0.717) is 25.3 Å². The Morgan fingerprint density at radius 1 is 1.17 bits per heavy atom. The normalized spacial score (nSPS) is 23.3. The van der Waals surface area contributed by atoms with Gasteiger partial charge in [0, 0.05) is 44.5 Å². The van der Waals surface area contributed by atoms with E-state index in [4.69, 9.17) is 0 Å². The van der Waals surface area contributed by atoms with Crippen LogP contribution in [0.25, 0.3) is 0 Å². The van der Waals surface area contributed by atoms with E-state index >= 15 is 0 Å². The van der Waals surface area contributed by atoms with Crippen LogP contribution in [0.1, 0.15) is 24.2 Å². The van der Waals surface area contributed by atoms with Crippen LogP contribution in [0, 0.1) is 24.6 Å². The number of hydrogen-bond acceptors (Lipinski definition) is 4. The van der Waals surface area contributed by atoms with Crippen LogP contribution >= 0.6 is 0 Å². The molecule has 4 rings (SSSR count). The van der Waals surface area contributed by atoms with Crippen molar-refractivity contribution in [1.29, 1.82) is 0 Å². The van der Waals surface area contributed by atoms with Gasteiger partial charge >= 0.3 is 0 Å². The Balaban J connectivity index is 1.54. The molecule has 3 heterocycles. The molecule has 0 spiro atoms. The number of hydrogen-bond donors (Lipinski definition) is 0. The maximum absolute atomic E-state index is 13.8. The Morgan fingerprint density at radius 3 is 2.69 bits per heavy atom. The number of carbonyl (C=O) groups excluding carboxylic acids is 2. The molecule has 3 atom stereocenters. The van der Waals surface area contributed by atoms with Crippen LogP contribution in [-0.2, 0) is 16.1 Å². The molecule has 7 nitrogen and oxygen atoms in total. The molecular weight excluding hydrogens is 375 g/mol. The average molecular weight is 398 g/mol. The number of carbonyl (C=O) groups is 2. The summed E-state index contributed by atoms with van der Waals surface area (Å²) in [6, 6.07) is 9.07. The number of benzene rings is 1. The molecule has 8 heteroatoms. The summed E-state index contributed by atoms with van der Waals surface area (Å²) in [5, 5.41) is 4.13. The van der Waals surface area contributed by atoms with Crippen LogP contribution < -0.4 is 5.56 Å². The van der Waals surface area contributed by atoms with E-state index in [1.807, 2.05) is 6.07 Å². The van der Waals surface area contributed by atoms with Gasteiger partial charge in [-0.05, 0) is 30.7 Å². The summed E-state index contributed by atoms with van der Waals surface area (Å²) in [5.74, 6) is -0.413. The van der Waals surface area contributed by atoms with Crippen LogP contribution in [0.5, 0.6) is 0 Å². The summed E-state index contributed by atoms with van der Waals surface area (Å²) < 4.78 is 15.0. The zero-order valence-corrected chi connectivity index (χ0v) is 16.4. The van der Waals surface area contributed by atoms with E-state index in [0.717, 1.165) is 5.56 Å². The summed E-state index contributed by atoms with van der Waals surface area (Å²) in [5.41, 5.74) is 1.10. The van der Waals surface area contributed by atoms with Gasteiger partial charge in [0.15, 0.2) is 0 Å². The fourth-order valence-electron chi connectivity index (χ4n) is 4.58. The van der Waals surface area contributed by atoms with Crippen molar-refractivity contribution in [3.05, 3.63) is 63.8 Å². The van der Waals surface area contributed by atoms with E-state index in [1.54, 1.807) is 28.9 Å². The number of rotatable bonds is 3. The van der Waals surface area contributed by atoms with E-state index in [9.17, 15) is 18.8 Å². The second kappa shape index (κ2) is 7.42. The van der Waals surface area contributed by atoms with Gasteiger partial charge in [-0.25, -0.2) is 9.07 Å². The predicted molar refractivity (Wildman–Crippen MR) is 103 cm³/mol. The van der Waals surface area contributed by atoms with Crippen LogP contribution in [0.3, 0.4) is 0 Å². The number of nitrogens with zero attached hydrogens (tertiary/aromatic N) is 4. The van der Waals surface area contributed by atoms with Gasteiger partial charge < -0.3 is 9.80 Å². The van der Waals surface area contributed by atoms with Crippen molar-refractivity contribution in [1.82, 2.24) is 19.6 Å². The van der Waals surface area contributed by atoms with Crippen LogP contribution in [0.4, 0.5) is 4.39 Å². The number of aromatic nitrogens is 2. The second-order valence-electron chi connectivity index (χ2n) is 7.86. The highest BCUT2D eigenvalue weighted by atomic mass is 19.1. The lowest BCUT2D eigenvalue weighted by atomic mass is 9.89. The highest BCUT2D eigenvalue weighted by Crippen LogP contribution is 2.45. The molecule has 0 bridgehead atoms. The second-order valence-corrected chi connectivity index (χ2v) is 7.86. The summed E-state index contributed by atoms with van der Waals surface area (Å²) in [7, 11) is 0. The minimum Gasteiger partial charge on any atom is -0.340 e. The number of halogens is 1. The number of fused-ring (bicyclic) bond motifs is 1. The minimum absolute atomic E-state index is 0.0341. The predicted octanol–water partition coefficient (Wildman–Crippen LogP) is 1.37. The SMILES string of the molecule is CC(=O)N1C[C@H]2CN(C(=O)Cn3nc(C)ccc3=O)C[C@H]2[C@H]1c1cccc(F)c1. The highest BCUT2D eigenvalue weighted by molar-refractivity contribution is 5.77. The first-order valence-corrected chi connectivity index (χ1v) is 9.68. The minimum atomic E-state index is -0.342. The van der Waals surface area contributed by atoms with Crippen molar-refractivity contribution in [2.24, 2.45) is 11.8 Å². The maximum Gasteiger partial charge on any atom is 0.267 e. The third-order valence-electron chi connectivity index (χ3n) is 5.90. The lowest BCUT2D eigenvalue weighted by Crippen LogP contribution is -2.39. The van der Waals surface area contributed by atoms with Crippen molar-refractivity contribution in [2.75, 3.05) is 19.6 Å².